The highest BCUT2D eigenvalue weighted by molar-refractivity contribution is 7.20. The van der Waals surface area contributed by atoms with Crippen molar-refractivity contribution >= 4 is 74.4 Å². The first kappa shape index (κ1) is 23.4. The van der Waals surface area contributed by atoms with Crippen LogP contribution in [0.4, 0.5) is 11.4 Å². The number of hydrogen-bond donors (Lipinski definition) is 3. The monoisotopic (exact) mass is 496 g/mol. The Balaban J connectivity index is 0.00000272. The van der Waals surface area contributed by atoms with E-state index in [1.54, 1.807) is 24.5 Å². The molecule has 10 heteroatoms. The summed E-state index contributed by atoms with van der Waals surface area (Å²) in [6, 6.07) is 13.9. The average molecular weight is 498 g/mol. The number of anilines is 2. The molecule has 0 fully saturated rings. The SMILES string of the molecule is Cl.N[C@H](Cc1sc2c(NCc3ccco3)cc(Cl)nc2c1Cl)C(=O)Nc1ccccc1. The van der Waals surface area contributed by atoms with E-state index in [0.717, 1.165) is 21.0 Å². The van der Waals surface area contributed by atoms with Gasteiger partial charge < -0.3 is 20.8 Å². The van der Waals surface area contributed by atoms with Gasteiger partial charge in [-0.1, -0.05) is 41.4 Å². The summed E-state index contributed by atoms with van der Waals surface area (Å²) in [6.07, 6.45) is 1.90. The fourth-order valence-corrected chi connectivity index (χ4v) is 4.72. The van der Waals surface area contributed by atoms with Crippen molar-refractivity contribution in [2.75, 3.05) is 10.6 Å². The fraction of sp³-hybridized carbons (Fsp3) is 0.143. The Morgan fingerprint density at radius 1 is 1.19 bits per heavy atom. The van der Waals surface area contributed by atoms with Gasteiger partial charge in [-0.05, 0) is 24.3 Å². The van der Waals surface area contributed by atoms with Crippen molar-refractivity contribution in [3.05, 3.63) is 75.6 Å². The number of para-hydroxylation sites is 1. The van der Waals surface area contributed by atoms with Crippen LogP contribution in [0.2, 0.25) is 10.2 Å². The van der Waals surface area contributed by atoms with Crippen LogP contribution in [0.5, 0.6) is 0 Å². The number of pyridine rings is 1. The Labute approximate surface area is 199 Å². The number of benzene rings is 1. The minimum Gasteiger partial charge on any atom is -0.467 e. The van der Waals surface area contributed by atoms with Crippen molar-refractivity contribution in [2.45, 2.75) is 19.0 Å². The molecule has 0 bridgehead atoms. The minimum atomic E-state index is -0.759. The summed E-state index contributed by atoms with van der Waals surface area (Å²) in [5.74, 6) is 0.510. The van der Waals surface area contributed by atoms with Gasteiger partial charge in [0.05, 0.1) is 34.3 Å². The van der Waals surface area contributed by atoms with Crippen molar-refractivity contribution in [3.8, 4) is 0 Å². The molecule has 0 saturated heterocycles. The van der Waals surface area contributed by atoms with Crippen LogP contribution in [-0.2, 0) is 17.8 Å². The van der Waals surface area contributed by atoms with E-state index < -0.39 is 6.04 Å². The molecule has 1 amide bonds. The third kappa shape index (κ3) is 5.50. The highest BCUT2D eigenvalue weighted by Crippen LogP contribution is 2.40. The van der Waals surface area contributed by atoms with Crippen LogP contribution in [-0.4, -0.2) is 16.9 Å². The number of nitrogens with one attached hydrogen (secondary N) is 2. The van der Waals surface area contributed by atoms with Crippen LogP contribution in [0.1, 0.15) is 10.6 Å². The van der Waals surface area contributed by atoms with E-state index in [4.69, 9.17) is 33.4 Å². The van der Waals surface area contributed by atoms with Crippen LogP contribution >= 0.6 is 46.9 Å². The van der Waals surface area contributed by atoms with Gasteiger partial charge in [0.25, 0.3) is 0 Å². The summed E-state index contributed by atoms with van der Waals surface area (Å²) in [5.41, 5.74) is 8.21. The summed E-state index contributed by atoms with van der Waals surface area (Å²) >= 11 is 14.2. The first-order chi connectivity index (χ1) is 14.5. The largest absolute Gasteiger partial charge is 0.467 e. The van der Waals surface area contributed by atoms with Crippen molar-refractivity contribution in [3.63, 3.8) is 0 Å². The second kappa shape index (κ2) is 10.3. The zero-order chi connectivity index (χ0) is 21.1. The highest BCUT2D eigenvalue weighted by atomic mass is 35.5. The molecule has 31 heavy (non-hydrogen) atoms. The van der Waals surface area contributed by atoms with E-state index in [-0.39, 0.29) is 24.7 Å². The Bertz CT molecular complexity index is 1170. The summed E-state index contributed by atoms with van der Waals surface area (Å²) in [7, 11) is 0. The highest BCUT2D eigenvalue weighted by Gasteiger charge is 2.21. The fourth-order valence-electron chi connectivity index (χ4n) is 2.96. The summed E-state index contributed by atoms with van der Waals surface area (Å²) in [6.45, 7) is 0.492. The first-order valence-electron chi connectivity index (χ1n) is 9.16. The molecule has 0 spiro atoms. The maximum atomic E-state index is 12.5. The predicted molar refractivity (Wildman–Crippen MR) is 130 cm³/mol. The maximum Gasteiger partial charge on any atom is 0.241 e. The zero-order valence-corrected chi connectivity index (χ0v) is 19.2. The topological polar surface area (TPSA) is 93.2 Å². The van der Waals surface area contributed by atoms with E-state index in [1.807, 2.05) is 30.3 Å². The Kier molecular flexibility index (Phi) is 7.80. The number of rotatable bonds is 7. The van der Waals surface area contributed by atoms with E-state index in [0.29, 0.717) is 27.9 Å². The van der Waals surface area contributed by atoms with Crippen molar-refractivity contribution < 1.29 is 9.21 Å². The number of nitrogens with zero attached hydrogens (tertiary/aromatic N) is 1. The van der Waals surface area contributed by atoms with Crippen LogP contribution in [0.15, 0.2) is 59.2 Å². The number of fused-ring (bicyclic) bond motifs is 1. The molecule has 1 aromatic carbocycles. The van der Waals surface area contributed by atoms with Gasteiger partial charge in [0.2, 0.25) is 5.91 Å². The van der Waals surface area contributed by atoms with Crippen LogP contribution in [0.3, 0.4) is 0 Å². The van der Waals surface area contributed by atoms with Gasteiger partial charge in [0, 0.05) is 23.1 Å². The average Bonchev–Trinajstić information content (AvgIpc) is 3.36. The number of carbonyl (C=O) groups is 1. The molecule has 4 N–H and O–H groups in total. The normalized spacial score (nSPS) is 11.7. The Morgan fingerprint density at radius 3 is 2.68 bits per heavy atom. The van der Waals surface area contributed by atoms with Gasteiger partial charge in [-0.25, -0.2) is 4.98 Å². The van der Waals surface area contributed by atoms with Crippen molar-refractivity contribution in [2.24, 2.45) is 5.73 Å². The lowest BCUT2D eigenvalue weighted by Gasteiger charge is -2.11. The molecule has 4 aromatic rings. The molecule has 3 aromatic heterocycles. The number of nitrogens with two attached hydrogens (primary N) is 1. The smallest absolute Gasteiger partial charge is 0.241 e. The summed E-state index contributed by atoms with van der Waals surface area (Å²) in [4.78, 5) is 17.6. The molecule has 0 aliphatic rings. The van der Waals surface area contributed by atoms with Gasteiger partial charge in [-0.2, -0.15) is 0 Å². The molecule has 3 heterocycles. The zero-order valence-electron chi connectivity index (χ0n) is 16.1. The standard InChI is InChI=1S/C21H18Cl2N4O2S.ClH/c22-17-10-15(25-11-13-7-4-8-29-13)20-19(27-17)18(23)16(30-20)9-14(24)21(28)26-12-5-2-1-3-6-12;/h1-8,10,14H,9,11,24H2,(H,25,27)(H,26,28);1H/t14-;/m1./s1. The van der Waals surface area contributed by atoms with Gasteiger partial charge in [0.1, 0.15) is 16.4 Å². The van der Waals surface area contributed by atoms with E-state index in [1.165, 1.54) is 11.3 Å². The van der Waals surface area contributed by atoms with Gasteiger partial charge in [0.15, 0.2) is 0 Å². The maximum absolute atomic E-state index is 12.5. The van der Waals surface area contributed by atoms with E-state index >= 15 is 0 Å². The molecule has 0 saturated carbocycles. The summed E-state index contributed by atoms with van der Waals surface area (Å²) in [5, 5.41) is 6.89. The van der Waals surface area contributed by atoms with Crippen molar-refractivity contribution in [1.29, 1.82) is 0 Å². The molecule has 0 unspecified atom stereocenters. The Hall–Kier alpha value is -2.29. The predicted octanol–water partition coefficient (Wildman–Crippen LogP) is 5.74. The first-order valence-corrected chi connectivity index (χ1v) is 10.7. The molecular weight excluding hydrogens is 479 g/mol. The number of furan rings is 1. The molecule has 6 nitrogen and oxygen atoms in total. The molecule has 0 aliphatic heterocycles. The molecule has 0 aliphatic carbocycles. The lowest BCUT2D eigenvalue weighted by Crippen LogP contribution is -2.37. The lowest BCUT2D eigenvalue weighted by atomic mass is 10.1. The van der Waals surface area contributed by atoms with E-state index in [9.17, 15) is 4.79 Å². The minimum absolute atomic E-state index is 0. The number of amides is 1. The second-order valence-corrected chi connectivity index (χ2v) is 8.48. The van der Waals surface area contributed by atoms with Gasteiger partial charge in [-0.15, -0.1) is 23.7 Å². The third-order valence-electron chi connectivity index (χ3n) is 4.44. The molecule has 4 rings (SSSR count). The quantitative estimate of drug-likeness (QED) is 0.283. The number of halogens is 3. The van der Waals surface area contributed by atoms with Crippen LogP contribution in [0.25, 0.3) is 10.2 Å². The second-order valence-electron chi connectivity index (χ2n) is 6.61. The Morgan fingerprint density at radius 2 is 1.97 bits per heavy atom. The summed E-state index contributed by atoms with van der Waals surface area (Å²) < 4.78 is 6.21. The van der Waals surface area contributed by atoms with E-state index in [2.05, 4.69) is 15.6 Å². The molecule has 162 valence electrons. The number of thiophene rings is 1. The molecular formula is C21H19Cl3N4O2S. The van der Waals surface area contributed by atoms with Crippen LogP contribution < -0.4 is 16.4 Å². The van der Waals surface area contributed by atoms with Crippen LogP contribution in [0, 0.1) is 0 Å². The van der Waals surface area contributed by atoms with Crippen molar-refractivity contribution in [1.82, 2.24) is 4.98 Å². The third-order valence-corrected chi connectivity index (χ3v) is 6.38. The number of aromatic nitrogens is 1. The van der Waals surface area contributed by atoms with Gasteiger partial charge in [-0.3, -0.25) is 4.79 Å². The number of carbonyl (C=O) groups excluding carboxylic acids is 1. The number of hydrogen-bond acceptors (Lipinski definition) is 6. The van der Waals surface area contributed by atoms with Gasteiger partial charge >= 0.3 is 0 Å². The molecule has 1 atom stereocenters. The molecule has 0 radical (unpaired) electrons. The lowest BCUT2D eigenvalue weighted by molar-refractivity contribution is -0.117.